The van der Waals surface area contributed by atoms with E-state index < -0.39 is 10.1 Å². The predicted molar refractivity (Wildman–Crippen MR) is 50.2 cm³/mol. The van der Waals surface area contributed by atoms with E-state index in [0.29, 0.717) is 19.5 Å². The van der Waals surface area contributed by atoms with Crippen LogP contribution in [0.4, 0.5) is 0 Å². The molecule has 0 saturated carbocycles. The quantitative estimate of drug-likeness (QED) is 0.660. The average Bonchev–Trinajstić information content (AvgIpc) is 2.04. The van der Waals surface area contributed by atoms with Gasteiger partial charge in [0, 0.05) is 25.2 Å². The molecule has 0 spiro atoms. The Balaban J connectivity index is 2.20. The van der Waals surface area contributed by atoms with Crippen LogP contribution in [0.3, 0.4) is 0 Å². The minimum absolute atomic E-state index is 0.186. The lowest BCUT2D eigenvalue weighted by atomic mass is 10.4. The minimum atomic E-state index is -3.81. The summed E-state index contributed by atoms with van der Waals surface area (Å²) in [5, 5.41) is 0. The molecular formula is C7H12N2O3S. The van der Waals surface area contributed by atoms with Crippen molar-refractivity contribution >= 4 is 16.3 Å². The van der Waals surface area contributed by atoms with E-state index >= 15 is 0 Å². The number of hydrogen-bond acceptors (Lipinski definition) is 4. The Bertz CT molecular complexity index is 308. The number of rotatable bonds is 4. The van der Waals surface area contributed by atoms with Crippen molar-refractivity contribution in [1.82, 2.24) is 4.90 Å². The van der Waals surface area contributed by atoms with E-state index in [4.69, 9.17) is 4.55 Å². The molecule has 0 fully saturated rings. The Labute approximate surface area is 77.5 Å². The lowest BCUT2D eigenvalue weighted by Crippen LogP contribution is -2.24. The van der Waals surface area contributed by atoms with E-state index in [1.165, 1.54) is 0 Å². The first-order valence-electron chi connectivity index (χ1n) is 3.95. The second-order valence-electron chi connectivity index (χ2n) is 2.76. The van der Waals surface area contributed by atoms with Crippen molar-refractivity contribution in [3.8, 4) is 0 Å². The first kappa shape index (κ1) is 10.2. The largest absolute Gasteiger partial charge is 0.371 e. The molecule has 0 aliphatic carbocycles. The van der Waals surface area contributed by atoms with Crippen LogP contribution in [0.2, 0.25) is 0 Å². The van der Waals surface area contributed by atoms with Crippen molar-refractivity contribution in [2.45, 2.75) is 6.42 Å². The molecule has 0 bridgehead atoms. The highest BCUT2D eigenvalue weighted by Crippen LogP contribution is 1.98. The van der Waals surface area contributed by atoms with Crippen LogP contribution in [0.1, 0.15) is 6.42 Å². The molecule has 1 rings (SSSR count). The van der Waals surface area contributed by atoms with Gasteiger partial charge in [-0.25, -0.2) is 0 Å². The Hall–Kier alpha value is -0.880. The summed E-state index contributed by atoms with van der Waals surface area (Å²) in [5.41, 5.74) is 0. The van der Waals surface area contributed by atoms with Crippen LogP contribution in [-0.4, -0.2) is 42.9 Å². The topological polar surface area (TPSA) is 70.0 Å². The third-order valence-electron chi connectivity index (χ3n) is 1.63. The zero-order valence-corrected chi connectivity index (χ0v) is 7.94. The van der Waals surface area contributed by atoms with Crippen molar-refractivity contribution in [1.29, 1.82) is 0 Å². The highest BCUT2D eigenvalue weighted by Gasteiger charge is 2.06. The van der Waals surface area contributed by atoms with Crippen molar-refractivity contribution in [2.75, 3.05) is 18.8 Å². The van der Waals surface area contributed by atoms with Gasteiger partial charge >= 0.3 is 0 Å². The Morgan fingerprint density at radius 3 is 2.85 bits per heavy atom. The van der Waals surface area contributed by atoms with Gasteiger partial charge in [0.1, 0.15) is 0 Å². The number of aliphatic imine (C=N–C) groups is 1. The van der Waals surface area contributed by atoms with Gasteiger partial charge in [0.05, 0.1) is 12.3 Å². The smallest absolute Gasteiger partial charge is 0.264 e. The van der Waals surface area contributed by atoms with Gasteiger partial charge < -0.3 is 4.90 Å². The first-order valence-corrected chi connectivity index (χ1v) is 5.56. The third kappa shape index (κ3) is 4.64. The zero-order chi connectivity index (χ0) is 9.73. The van der Waals surface area contributed by atoms with E-state index in [0.717, 1.165) is 0 Å². The molecule has 0 aromatic heterocycles. The van der Waals surface area contributed by atoms with E-state index in [2.05, 4.69) is 4.99 Å². The van der Waals surface area contributed by atoms with Gasteiger partial charge in [-0.05, 0) is 6.42 Å². The predicted octanol–water partition coefficient (Wildman–Crippen LogP) is 0.122. The molecule has 0 aromatic carbocycles. The van der Waals surface area contributed by atoms with E-state index in [1.807, 2.05) is 4.90 Å². The summed E-state index contributed by atoms with van der Waals surface area (Å²) < 4.78 is 29.2. The van der Waals surface area contributed by atoms with Gasteiger partial charge in [-0.1, -0.05) is 0 Å². The molecule has 74 valence electrons. The van der Waals surface area contributed by atoms with Crippen LogP contribution in [0.5, 0.6) is 0 Å². The molecular weight excluding hydrogens is 192 g/mol. The van der Waals surface area contributed by atoms with E-state index in [9.17, 15) is 8.42 Å². The summed E-state index contributed by atoms with van der Waals surface area (Å²) in [4.78, 5) is 5.80. The van der Waals surface area contributed by atoms with Crippen LogP contribution in [0, 0.1) is 0 Å². The van der Waals surface area contributed by atoms with Crippen LogP contribution in [0.25, 0.3) is 0 Å². The summed E-state index contributed by atoms with van der Waals surface area (Å²) in [6.45, 7) is 1.31. The van der Waals surface area contributed by atoms with E-state index in [1.54, 1.807) is 18.6 Å². The molecule has 1 N–H and O–H groups in total. The Morgan fingerprint density at radius 2 is 2.31 bits per heavy atom. The second-order valence-corrected chi connectivity index (χ2v) is 4.34. The maximum absolute atomic E-state index is 10.4. The standard InChI is InChI=1S/C7H12N2O3S/c10-13(11,12)7-1-4-9-5-2-8-3-6-9/h2-3,5H,1,4,6-7H2,(H,10,11,12). The van der Waals surface area contributed by atoms with Crippen LogP contribution in [-0.2, 0) is 10.1 Å². The molecule has 6 heteroatoms. The number of hydrogen-bond donors (Lipinski definition) is 1. The fourth-order valence-corrected chi connectivity index (χ4v) is 1.52. The molecule has 0 amide bonds. The third-order valence-corrected chi connectivity index (χ3v) is 2.44. The SMILES string of the molecule is O=S(=O)(O)CCCN1C=CN=CC1. The van der Waals surface area contributed by atoms with E-state index in [-0.39, 0.29) is 5.75 Å². The van der Waals surface area contributed by atoms with Crippen molar-refractivity contribution < 1.29 is 13.0 Å². The maximum atomic E-state index is 10.4. The molecule has 0 atom stereocenters. The van der Waals surface area contributed by atoms with Gasteiger partial charge in [-0.2, -0.15) is 8.42 Å². The molecule has 0 radical (unpaired) electrons. The van der Waals surface area contributed by atoms with Crippen LogP contribution >= 0.6 is 0 Å². The lowest BCUT2D eigenvalue weighted by Gasteiger charge is -2.18. The van der Waals surface area contributed by atoms with Crippen LogP contribution < -0.4 is 0 Å². The van der Waals surface area contributed by atoms with Crippen molar-refractivity contribution in [3.05, 3.63) is 12.4 Å². The van der Waals surface area contributed by atoms with Crippen molar-refractivity contribution in [2.24, 2.45) is 4.99 Å². The minimum Gasteiger partial charge on any atom is -0.371 e. The second kappa shape index (κ2) is 4.38. The molecule has 1 aliphatic rings. The zero-order valence-electron chi connectivity index (χ0n) is 7.13. The van der Waals surface area contributed by atoms with Gasteiger partial charge in [0.25, 0.3) is 10.1 Å². The highest BCUT2D eigenvalue weighted by atomic mass is 32.2. The fourth-order valence-electron chi connectivity index (χ4n) is 1.02. The van der Waals surface area contributed by atoms with Crippen LogP contribution in [0.15, 0.2) is 17.4 Å². The molecule has 0 aromatic rings. The molecule has 0 unspecified atom stereocenters. The maximum Gasteiger partial charge on any atom is 0.264 e. The summed E-state index contributed by atoms with van der Waals surface area (Å²) in [7, 11) is -3.81. The van der Waals surface area contributed by atoms with Gasteiger partial charge in [0.15, 0.2) is 0 Å². The summed E-state index contributed by atoms with van der Waals surface area (Å²) in [5.74, 6) is -0.186. The number of nitrogens with zero attached hydrogens (tertiary/aromatic N) is 2. The monoisotopic (exact) mass is 204 g/mol. The fraction of sp³-hybridized carbons (Fsp3) is 0.571. The summed E-state index contributed by atoms with van der Waals surface area (Å²) in [6.07, 6.45) is 5.62. The van der Waals surface area contributed by atoms with Gasteiger partial charge in [-0.15, -0.1) is 0 Å². The summed E-state index contributed by atoms with van der Waals surface area (Å²) >= 11 is 0. The molecule has 5 nitrogen and oxygen atoms in total. The molecule has 13 heavy (non-hydrogen) atoms. The average molecular weight is 204 g/mol. The Morgan fingerprint density at radius 1 is 1.54 bits per heavy atom. The molecule has 0 saturated heterocycles. The normalized spacial score (nSPS) is 16.5. The summed E-state index contributed by atoms with van der Waals surface area (Å²) in [6, 6.07) is 0. The Kier molecular flexibility index (Phi) is 3.44. The van der Waals surface area contributed by atoms with Gasteiger partial charge in [0.2, 0.25) is 0 Å². The highest BCUT2D eigenvalue weighted by molar-refractivity contribution is 7.85. The van der Waals surface area contributed by atoms with Crippen molar-refractivity contribution in [3.63, 3.8) is 0 Å². The lowest BCUT2D eigenvalue weighted by molar-refractivity contribution is 0.417. The molecule has 1 heterocycles. The van der Waals surface area contributed by atoms with Gasteiger partial charge in [-0.3, -0.25) is 9.55 Å². The first-order chi connectivity index (χ1) is 6.08. The molecule has 1 aliphatic heterocycles.